The SMILES string of the molecule is Cc1ccc2c(c1F)-c1cccc(c1)-c1cc3c(c(C(OC(C)(C)C)C(=O)O)c(C)cn3n1)N1CCC(C)(CC1)OCCCCC(C)O2. The second kappa shape index (κ2) is 13.2. The summed E-state index contributed by atoms with van der Waals surface area (Å²) < 4.78 is 36.8. The third-order valence-electron chi connectivity index (χ3n) is 9.60. The van der Waals surface area contributed by atoms with Gasteiger partial charge in [0.15, 0.2) is 6.10 Å². The number of piperidine rings is 1. The van der Waals surface area contributed by atoms with E-state index in [9.17, 15) is 9.90 Å². The first-order chi connectivity index (χ1) is 22.7. The number of halogens is 1. The number of rotatable bonds is 3. The van der Waals surface area contributed by atoms with Crippen LogP contribution in [0.1, 0.15) is 89.5 Å². The monoisotopic (exact) mass is 657 g/mol. The summed E-state index contributed by atoms with van der Waals surface area (Å²) in [6.45, 7) is 15.5. The van der Waals surface area contributed by atoms with Gasteiger partial charge in [0.1, 0.15) is 11.6 Å². The average molecular weight is 658 g/mol. The third kappa shape index (κ3) is 6.94. The Morgan fingerprint density at radius 1 is 1.08 bits per heavy atom. The minimum Gasteiger partial charge on any atom is -0.490 e. The Kier molecular flexibility index (Phi) is 9.30. The molecule has 2 unspecified atom stereocenters. The van der Waals surface area contributed by atoms with E-state index >= 15 is 4.39 Å². The number of nitrogens with zero attached hydrogens (tertiary/aromatic N) is 3. The smallest absolute Gasteiger partial charge is 0.337 e. The Balaban J connectivity index is 1.55. The Morgan fingerprint density at radius 2 is 1.81 bits per heavy atom. The molecular weight excluding hydrogens is 609 g/mol. The van der Waals surface area contributed by atoms with Gasteiger partial charge in [0.2, 0.25) is 0 Å². The molecule has 2 aromatic carbocycles. The van der Waals surface area contributed by atoms with Gasteiger partial charge in [0.25, 0.3) is 0 Å². The maximum atomic E-state index is 15.9. The number of carboxylic acids is 1. The van der Waals surface area contributed by atoms with Crippen LogP contribution in [0.25, 0.3) is 27.9 Å². The van der Waals surface area contributed by atoms with Crippen LogP contribution in [0.15, 0.2) is 48.7 Å². The predicted octanol–water partition coefficient (Wildman–Crippen LogP) is 8.69. The topological polar surface area (TPSA) is 85.5 Å². The van der Waals surface area contributed by atoms with Crippen molar-refractivity contribution in [3.8, 4) is 28.1 Å². The van der Waals surface area contributed by atoms with E-state index in [0.717, 1.165) is 54.4 Å². The van der Waals surface area contributed by atoms with E-state index in [1.54, 1.807) is 13.0 Å². The van der Waals surface area contributed by atoms with E-state index in [2.05, 4.69) is 11.8 Å². The summed E-state index contributed by atoms with van der Waals surface area (Å²) in [5.41, 5.74) is 5.24. The molecule has 0 saturated carbocycles. The number of aryl methyl sites for hydroxylation is 2. The molecule has 48 heavy (non-hydrogen) atoms. The van der Waals surface area contributed by atoms with Gasteiger partial charge in [-0.05, 0) is 115 Å². The molecule has 7 rings (SSSR count). The van der Waals surface area contributed by atoms with Gasteiger partial charge in [-0.15, -0.1) is 0 Å². The van der Waals surface area contributed by atoms with Crippen LogP contribution in [-0.4, -0.2) is 57.7 Å². The maximum Gasteiger partial charge on any atom is 0.337 e. The molecule has 1 fully saturated rings. The highest BCUT2D eigenvalue weighted by atomic mass is 19.1. The van der Waals surface area contributed by atoms with Crippen molar-refractivity contribution in [2.45, 2.75) is 104 Å². The van der Waals surface area contributed by atoms with Gasteiger partial charge in [-0.25, -0.2) is 13.7 Å². The fraction of sp³-hybridized carbons (Fsp3) is 0.487. The lowest BCUT2D eigenvalue weighted by Gasteiger charge is -2.42. The van der Waals surface area contributed by atoms with E-state index in [4.69, 9.17) is 19.3 Å². The Hall–Kier alpha value is -3.95. The Labute approximate surface area is 282 Å². The molecule has 3 aliphatic rings. The van der Waals surface area contributed by atoms with Crippen LogP contribution in [0.2, 0.25) is 0 Å². The second-order valence-corrected chi connectivity index (χ2v) is 14.7. The first-order valence-corrected chi connectivity index (χ1v) is 17.1. The Morgan fingerprint density at radius 3 is 2.52 bits per heavy atom. The van der Waals surface area contributed by atoms with Gasteiger partial charge in [-0.2, -0.15) is 5.10 Å². The Bertz CT molecular complexity index is 1820. The molecule has 1 N–H and O–H groups in total. The van der Waals surface area contributed by atoms with Crippen molar-refractivity contribution in [3.63, 3.8) is 0 Å². The van der Waals surface area contributed by atoms with E-state index in [0.29, 0.717) is 53.4 Å². The van der Waals surface area contributed by atoms with E-state index in [1.807, 2.05) is 81.7 Å². The molecule has 256 valence electrons. The number of carbonyl (C=O) groups is 1. The summed E-state index contributed by atoms with van der Waals surface area (Å²) >= 11 is 0. The van der Waals surface area contributed by atoms with Crippen molar-refractivity contribution < 1.29 is 28.5 Å². The molecule has 4 aromatic rings. The molecule has 0 aliphatic carbocycles. The molecule has 5 heterocycles. The standard InChI is InChI=1S/C39H48FN3O5/c1-24-14-15-31-33(34(24)40)28-13-10-12-27(21-28)29-22-30-35(32(25(2)23-43(30)41-29)36(37(44)45)48-38(4,5)6)42-18-16-39(7,17-19-42)46-20-9-8-11-26(3)47-31/h10,12-15,21-23,26,36H,8-9,11,16-20H2,1-7H3,(H,44,45). The summed E-state index contributed by atoms with van der Waals surface area (Å²) in [5, 5.41) is 15.5. The fourth-order valence-corrected chi connectivity index (χ4v) is 6.98. The van der Waals surface area contributed by atoms with Crippen molar-refractivity contribution in [1.82, 2.24) is 9.61 Å². The summed E-state index contributed by atoms with van der Waals surface area (Å²) in [6.07, 6.45) is 4.87. The quantitative estimate of drug-likeness (QED) is 0.236. The molecule has 0 spiro atoms. The minimum absolute atomic E-state index is 0.0929. The first kappa shape index (κ1) is 33.9. The van der Waals surface area contributed by atoms with Crippen LogP contribution < -0.4 is 9.64 Å². The van der Waals surface area contributed by atoms with Crippen LogP contribution in [0, 0.1) is 19.7 Å². The van der Waals surface area contributed by atoms with Crippen molar-refractivity contribution in [2.24, 2.45) is 0 Å². The highest BCUT2D eigenvalue weighted by Crippen LogP contribution is 2.42. The number of aromatic nitrogens is 2. The lowest BCUT2D eigenvalue weighted by Crippen LogP contribution is -2.45. The highest BCUT2D eigenvalue weighted by molar-refractivity contribution is 5.87. The number of ether oxygens (including phenoxy) is 3. The highest BCUT2D eigenvalue weighted by Gasteiger charge is 2.37. The molecule has 3 aliphatic heterocycles. The number of pyridine rings is 1. The van der Waals surface area contributed by atoms with E-state index < -0.39 is 17.7 Å². The zero-order valence-corrected chi connectivity index (χ0v) is 29.2. The average Bonchev–Trinajstić information content (AvgIpc) is 3.44. The van der Waals surface area contributed by atoms with Gasteiger partial charge in [0, 0.05) is 37.0 Å². The lowest BCUT2D eigenvalue weighted by molar-refractivity contribution is -0.160. The van der Waals surface area contributed by atoms with Crippen molar-refractivity contribution in [1.29, 1.82) is 0 Å². The predicted molar refractivity (Wildman–Crippen MR) is 186 cm³/mol. The normalized spacial score (nSPS) is 21.2. The number of aliphatic carboxylic acids is 1. The van der Waals surface area contributed by atoms with Crippen LogP contribution in [0.5, 0.6) is 5.75 Å². The number of anilines is 1. The molecule has 2 aromatic heterocycles. The fourth-order valence-electron chi connectivity index (χ4n) is 6.98. The number of hydrogen-bond donors (Lipinski definition) is 1. The van der Waals surface area contributed by atoms with Crippen molar-refractivity contribution in [3.05, 3.63) is 71.2 Å². The van der Waals surface area contributed by atoms with Crippen molar-refractivity contribution >= 4 is 17.2 Å². The molecule has 9 heteroatoms. The molecule has 1 saturated heterocycles. The van der Waals surface area contributed by atoms with Crippen LogP contribution >= 0.6 is 0 Å². The summed E-state index contributed by atoms with van der Waals surface area (Å²) in [7, 11) is 0. The van der Waals surface area contributed by atoms with Gasteiger partial charge in [0.05, 0.1) is 39.8 Å². The number of fused-ring (bicyclic) bond motifs is 8. The number of benzene rings is 2. The van der Waals surface area contributed by atoms with Gasteiger partial charge in [-0.3, -0.25) is 0 Å². The number of hydrogen-bond acceptors (Lipinski definition) is 6. The number of carboxylic acid groups (broad SMARTS) is 1. The van der Waals surface area contributed by atoms with Crippen LogP contribution in [0.3, 0.4) is 0 Å². The molecular formula is C39H48FN3O5. The van der Waals surface area contributed by atoms with Crippen LogP contribution in [-0.2, 0) is 14.3 Å². The minimum atomic E-state index is -1.17. The summed E-state index contributed by atoms with van der Waals surface area (Å²) in [4.78, 5) is 15.1. The molecule has 6 bridgehead atoms. The largest absolute Gasteiger partial charge is 0.490 e. The maximum absolute atomic E-state index is 15.9. The summed E-state index contributed by atoms with van der Waals surface area (Å²) in [5.74, 6) is -0.826. The third-order valence-corrected chi connectivity index (χ3v) is 9.60. The lowest BCUT2D eigenvalue weighted by atomic mass is 9.91. The summed E-state index contributed by atoms with van der Waals surface area (Å²) in [6, 6.07) is 13.4. The van der Waals surface area contributed by atoms with Gasteiger partial charge < -0.3 is 24.2 Å². The second-order valence-electron chi connectivity index (χ2n) is 14.7. The van der Waals surface area contributed by atoms with Crippen molar-refractivity contribution in [2.75, 3.05) is 24.6 Å². The zero-order chi connectivity index (χ0) is 34.4. The van der Waals surface area contributed by atoms with E-state index in [1.165, 1.54) is 0 Å². The molecule has 0 amide bonds. The molecule has 2 atom stereocenters. The van der Waals surface area contributed by atoms with Gasteiger partial charge >= 0.3 is 5.97 Å². The molecule has 8 nitrogen and oxygen atoms in total. The van der Waals surface area contributed by atoms with E-state index in [-0.39, 0.29) is 17.5 Å². The first-order valence-electron chi connectivity index (χ1n) is 17.1. The molecule has 0 radical (unpaired) electrons. The van der Waals surface area contributed by atoms with Crippen LogP contribution in [0.4, 0.5) is 10.1 Å². The zero-order valence-electron chi connectivity index (χ0n) is 29.2. The van der Waals surface area contributed by atoms with Gasteiger partial charge in [-0.1, -0.05) is 24.3 Å².